The molecule has 7 heteroatoms. The maximum atomic E-state index is 13.3. The van der Waals surface area contributed by atoms with E-state index in [2.05, 4.69) is 11.9 Å². The molecule has 1 aliphatic rings. The van der Waals surface area contributed by atoms with E-state index in [-0.39, 0.29) is 16.7 Å². The summed E-state index contributed by atoms with van der Waals surface area (Å²) in [5.41, 5.74) is 1.03. The molecule has 4 rings (SSSR count). The zero-order chi connectivity index (χ0) is 18.7. The van der Waals surface area contributed by atoms with Crippen LogP contribution in [0, 0.1) is 5.41 Å². The predicted molar refractivity (Wildman–Crippen MR) is 92.8 cm³/mol. The molecular formula is C19H18F3N3O. The Labute approximate surface area is 147 Å². The van der Waals surface area contributed by atoms with Gasteiger partial charge in [-0.1, -0.05) is 13.0 Å². The van der Waals surface area contributed by atoms with Crippen molar-refractivity contribution in [3.8, 4) is 11.1 Å². The summed E-state index contributed by atoms with van der Waals surface area (Å²) in [7, 11) is 1.65. The standard InChI is InChI=1S/C19H18F3N3O/c1-18(6-7-18)11-25-15-4-3-12(9-16(15)24(2)17(25)26)13-10-23-8-5-14(13)19(20,21)22/h3-5,8-10H,6-7,11H2,1-2H3. The number of alkyl halides is 3. The second-order valence-electron chi connectivity index (χ2n) is 7.36. The molecule has 3 aromatic rings. The fraction of sp³-hybridized carbons (Fsp3) is 0.368. The number of pyridine rings is 1. The molecule has 4 nitrogen and oxygen atoms in total. The Balaban J connectivity index is 1.88. The first-order valence-electron chi connectivity index (χ1n) is 8.40. The van der Waals surface area contributed by atoms with E-state index in [1.54, 1.807) is 29.8 Å². The molecule has 0 saturated heterocycles. The minimum Gasteiger partial charge on any atom is -0.295 e. The van der Waals surface area contributed by atoms with Crippen LogP contribution in [0.15, 0.2) is 41.5 Å². The van der Waals surface area contributed by atoms with Crippen molar-refractivity contribution in [1.82, 2.24) is 14.1 Å². The van der Waals surface area contributed by atoms with Gasteiger partial charge >= 0.3 is 11.9 Å². The highest BCUT2D eigenvalue weighted by Crippen LogP contribution is 2.46. The molecular weight excluding hydrogens is 343 g/mol. The number of aromatic nitrogens is 3. The van der Waals surface area contributed by atoms with Gasteiger partial charge in [-0.05, 0) is 42.0 Å². The highest BCUT2D eigenvalue weighted by molar-refractivity contribution is 5.83. The van der Waals surface area contributed by atoms with Gasteiger partial charge < -0.3 is 0 Å². The largest absolute Gasteiger partial charge is 0.417 e. The van der Waals surface area contributed by atoms with E-state index in [9.17, 15) is 18.0 Å². The van der Waals surface area contributed by atoms with Crippen LogP contribution in [0.3, 0.4) is 0 Å². The predicted octanol–water partition coefficient (Wildman–Crippen LogP) is 4.22. The Morgan fingerprint density at radius 2 is 1.92 bits per heavy atom. The normalized spacial score (nSPS) is 16.2. The van der Waals surface area contributed by atoms with Crippen LogP contribution < -0.4 is 5.69 Å². The third-order valence-corrected chi connectivity index (χ3v) is 5.23. The third kappa shape index (κ3) is 2.71. The second-order valence-corrected chi connectivity index (χ2v) is 7.36. The van der Waals surface area contributed by atoms with E-state index in [4.69, 9.17) is 0 Å². The number of rotatable bonds is 3. The third-order valence-electron chi connectivity index (χ3n) is 5.23. The number of imidazole rings is 1. The summed E-state index contributed by atoms with van der Waals surface area (Å²) < 4.78 is 43.1. The molecule has 0 atom stereocenters. The SMILES string of the molecule is Cn1c(=O)n(CC2(C)CC2)c2ccc(-c3cnccc3C(F)(F)F)cc21. The summed E-state index contributed by atoms with van der Waals surface area (Å²) in [5.74, 6) is 0. The number of benzene rings is 1. The van der Waals surface area contributed by atoms with Gasteiger partial charge in [0.05, 0.1) is 16.6 Å². The van der Waals surface area contributed by atoms with Gasteiger partial charge in [0, 0.05) is 31.5 Å². The van der Waals surface area contributed by atoms with Gasteiger partial charge in [-0.15, -0.1) is 0 Å². The van der Waals surface area contributed by atoms with Crippen LogP contribution in [-0.4, -0.2) is 14.1 Å². The van der Waals surface area contributed by atoms with E-state index in [0.717, 1.165) is 30.6 Å². The highest BCUT2D eigenvalue weighted by atomic mass is 19.4. The molecule has 26 heavy (non-hydrogen) atoms. The number of nitrogens with zero attached hydrogens (tertiary/aromatic N) is 3. The van der Waals surface area contributed by atoms with E-state index in [1.165, 1.54) is 10.8 Å². The first-order valence-corrected chi connectivity index (χ1v) is 8.40. The minimum absolute atomic E-state index is 0.0104. The topological polar surface area (TPSA) is 39.8 Å². The van der Waals surface area contributed by atoms with Gasteiger partial charge in [-0.2, -0.15) is 13.2 Å². The molecule has 0 amide bonds. The van der Waals surface area contributed by atoms with Crippen molar-refractivity contribution in [2.24, 2.45) is 12.5 Å². The lowest BCUT2D eigenvalue weighted by atomic mass is 10.0. The lowest BCUT2D eigenvalue weighted by Crippen LogP contribution is -2.25. The molecule has 0 bridgehead atoms. The Morgan fingerprint density at radius 3 is 2.58 bits per heavy atom. The van der Waals surface area contributed by atoms with Crippen molar-refractivity contribution < 1.29 is 13.2 Å². The van der Waals surface area contributed by atoms with Crippen LogP contribution in [-0.2, 0) is 19.8 Å². The van der Waals surface area contributed by atoms with Crippen molar-refractivity contribution in [3.05, 3.63) is 52.7 Å². The van der Waals surface area contributed by atoms with Gasteiger partial charge in [0.1, 0.15) is 0 Å². The van der Waals surface area contributed by atoms with Gasteiger partial charge in [0.25, 0.3) is 0 Å². The molecule has 1 aromatic carbocycles. The van der Waals surface area contributed by atoms with Crippen LogP contribution in [0.2, 0.25) is 0 Å². The van der Waals surface area contributed by atoms with Crippen molar-refractivity contribution >= 4 is 11.0 Å². The highest BCUT2D eigenvalue weighted by Gasteiger charge is 2.38. The minimum atomic E-state index is -4.47. The lowest BCUT2D eigenvalue weighted by molar-refractivity contribution is -0.137. The van der Waals surface area contributed by atoms with Gasteiger partial charge in [0.2, 0.25) is 0 Å². The molecule has 0 unspecified atom stereocenters. The van der Waals surface area contributed by atoms with Gasteiger partial charge in [-0.25, -0.2) is 4.79 Å². The molecule has 1 fully saturated rings. The molecule has 0 spiro atoms. The molecule has 0 radical (unpaired) electrons. The van der Waals surface area contributed by atoms with Crippen molar-refractivity contribution in [2.75, 3.05) is 0 Å². The first-order chi connectivity index (χ1) is 12.2. The molecule has 2 aromatic heterocycles. The Hall–Kier alpha value is -2.57. The lowest BCUT2D eigenvalue weighted by Gasteiger charge is -2.13. The molecule has 0 aliphatic heterocycles. The summed E-state index contributed by atoms with van der Waals surface area (Å²) >= 11 is 0. The average molecular weight is 361 g/mol. The summed E-state index contributed by atoms with van der Waals surface area (Å²) in [5, 5.41) is 0. The van der Waals surface area contributed by atoms with Crippen LogP contribution in [0.4, 0.5) is 13.2 Å². The molecule has 2 heterocycles. The van der Waals surface area contributed by atoms with Crippen LogP contribution in [0.25, 0.3) is 22.2 Å². The van der Waals surface area contributed by atoms with E-state index >= 15 is 0 Å². The fourth-order valence-electron chi connectivity index (χ4n) is 3.35. The van der Waals surface area contributed by atoms with E-state index in [1.807, 2.05) is 0 Å². The maximum absolute atomic E-state index is 13.3. The Kier molecular flexibility index (Phi) is 3.54. The van der Waals surface area contributed by atoms with Gasteiger partial charge in [-0.3, -0.25) is 14.1 Å². The molecule has 136 valence electrons. The van der Waals surface area contributed by atoms with Crippen LogP contribution in [0.5, 0.6) is 0 Å². The maximum Gasteiger partial charge on any atom is 0.417 e. The molecule has 1 aliphatic carbocycles. The Bertz CT molecular complexity index is 1060. The zero-order valence-electron chi connectivity index (χ0n) is 14.5. The van der Waals surface area contributed by atoms with E-state index in [0.29, 0.717) is 17.6 Å². The average Bonchev–Trinajstić information content (AvgIpc) is 3.29. The number of aryl methyl sites for hydroxylation is 1. The summed E-state index contributed by atoms with van der Waals surface area (Å²) in [6.07, 6.45) is 0.0421. The molecule has 0 N–H and O–H groups in total. The monoisotopic (exact) mass is 361 g/mol. The van der Waals surface area contributed by atoms with Crippen LogP contribution >= 0.6 is 0 Å². The molecule has 1 saturated carbocycles. The zero-order valence-corrected chi connectivity index (χ0v) is 14.5. The van der Waals surface area contributed by atoms with Gasteiger partial charge in [0.15, 0.2) is 0 Å². The number of fused-ring (bicyclic) bond motifs is 1. The second kappa shape index (κ2) is 5.46. The fourth-order valence-corrected chi connectivity index (χ4v) is 3.35. The Morgan fingerprint density at radius 1 is 1.19 bits per heavy atom. The van der Waals surface area contributed by atoms with Crippen LogP contribution in [0.1, 0.15) is 25.3 Å². The van der Waals surface area contributed by atoms with E-state index < -0.39 is 11.7 Å². The smallest absolute Gasteiger partial charge is 0.295 e. The number of hydrogen-bond acceptors (Lipinski definition) is 2. The summed E-state index contributed by atoms with van der Waals surface area (Å²) in [4.78, 5) is 16.4. The van der Waals surface area contributed by atoms with Crippen molar-refractivity contribution in [2.45, 2.75) is 32.5 Å². The number of halogens is 3. The van der Waals surface area contributed by atoms with Crippen molar-refractivity contribution in [1.29, 1.82) is 0 Å². The first kappa shape index (κ1) is 16.9. The quantitative estimate of drug-likeness (QED) is 0.701. The summed E-state index contributed by atoms with van der Waals surface area (Å²) in [6, 6.07) is 5.96. The van der Waals surface area contributed by atoms with Crippen molar-refractivity contribution in [3.63, 3.8) is 0 Å². The number of hydrogen-bond donors (Lipinski definition) is 0. The summed E-state index contributed by atoms with van der Waals surface area (Å²) in [6.45, 7) is 2.76.